The fourth-order valence-electron chi connectivity index (χ4n) is 4.30. The summed E-state index contributed by atoms with van der Waals surface area (Å²) >= 11 is 0. The first-order valence-electron chi connectivity index (χ1n) is 11.5. The van der Waals surface area contributed by atoms with Crippen molar-refractivity contribution in [1.29, 1.82) is 0 Å². The number of pyridine rings is 3. The minimum Gasteiger partial charge on any atom is -0.391 e. The van der Waals surface area contributed by atoms with Crippen LogP contribution in [-0.2, 0) is 0 Å². The third-order valence-electron chi connectivity index (χ3n) is 6.11. The first-order valence-corrected chi connectivity index (χ1v) is 11.5. The number of aliphatic hydroxyl groups excluding tert-OH is 2. The van der Waals surface area contributed by atoms with Crippen LogP contribution < -0.4 is 15.6 Å². The molecule has 4 heterocycles. The Morgan fingerprint density at radius 2 is 1.87 bits per heavy atom. The van der Waals surface area contributed by atoms with Crippen LogP contribution in [0.2, 0.25) is 0 Å². The van der Waals surface area contributed by atoms with Crippen LogP contribution in [0.15, 0.2) is 35.4 Å². The highest BCUT2D eigenvalue weighted by atomic mass is 19.4. The lowest BCUT2D eigenvalue weighted by Crippen LogP contribution is -2.53. The van der Waals surface area contributed by atoms with E-state index in [0.29, 0.717) is 12.3 Å². The van der Waals surface area contributed by atoms with Crippen molar-refractivity contribution in [1.82, 2.24) is 19.9 Å². The Balaban J connectivity index is 1.92. The van der Waals surface area contributed by atoms with Gasteiger partial charge in [-0.25, -0.2) is 18.7 Å². The lowest BCUT2D eigenvalue weighted by atomic mass is 9.86. The van der Waals surface area contributed by atoms with Gasteiger partial charge in [-0.3, -0.25) is 14.2 Å². The van der Waals surface area contributed by atoms with E-state index in [4.69, 9.17) is 0 Å². The zero-order valence-electron chi connectivity index (χ0n) is 20.4. The van der Waals surface area contributed by atoms with Crippen molar-refractivity contribution in [3.05, 3.63) is 58.0 Å². The Labute approximate surface area is 212 Å². The number of aromatic nitrogens is 3. The van der Waals surface area contributed by atoms with Crippen LogP contribution in [0.5, 0.6) is 0 Å². The molecule has 38 heavy (non-hydrogen) atoms. The molecule has 0 aliphatic carbocycles. The number of β-amino-alcohol motifs (C(OH)–C–C–N with tert-alkyl or cyclic N) is 1. The number of rotatable bonds is 4. The Bertz CT molecular complexity index is 1440. The molecule has 1 aliphatic rings. The van der Waals surface area contributed by atoms with Crippen molar-refractivity contribution >= 4 is 22.8 Å². The topological polar surface area (TPSA) is 121 Å². The van der Waals surface area contributed by atoms with E-state index >= 15 is 0 Å². The maximum atomic E-state index is 14.8. The van der Waals surface area contributed by atoms with Crippen molar-refractivity contribution in [2.24, 2.45) is 5.41 Å². The second-order valence-electron chi connectivity index (χ2n) is 10.1. The SMILES string of the molecule is CC(C)(C)[C@H](NC(=O)c1cn(-c2ncc(F)cc2F)c2nc(N3C[C@@H](O)CC3O)ccc2c1=O)C(F)(F)F. The summed E-state index contributed by atoms with van der Waals surface area (Å²) in [5.41, 5.74) is -3.48. The van der Waals surface area contributed by atoms with Crippen LogP contribution in [0.1, 0.15) is 37.6 Å². The van der Waals surface area contributed by atoms with Crippen LogP contribution in [0.3, 0.4) is 0 Å². The molecule has 3 N–H and O–H groups in total. The molecule has 9 nitrogen and oxygen atoms in total. The molecule has 1 saturated heterocycles. The number of nitrogens with one attached hydrogen (secondary N) is 1. The normalized spacial score (nSPS) is 19.2. The third-order valence-corrected chi connectivity index (χ3v) is 6.11. The number of hydrogen-bond donors (Lipinski definition) is 3. The number of amides is 1. The number of fused-ring (bicyclic) bond motifs is 1. The molecule has 0 aromatic carbocycles. The van der Waals surface area contributed by atoms with E-state index in [2.05, 4.69) is 9.97 Å². The molecule has 3 aromatic rings. The molecule has 1 amide bonds. The van der Waals surface area contributed by atoms with Crippen molar-refractivity contribution in [2.45, 2.75) is 51.7 Å². The van der Waals surface area contributed by atoms with Gasteiger partial charge < -0.3 is 20.4 Å². The second-order valence-corrected chi connectivity index (χ2v) is 10.1. The predicted octanol–water partition coefficient (Wildman–Crippen LogP) is 2.66. The van der Waals surface area contributed by atoms with E-state index in [0.717, 1.165) is 10.8 Å². The summed E-state index contributed by atoms with van der Waals surface area (Å²) in [6.07, 6.45) is -5.34. The summed E-state index contributed by atoms with van der Waals surface area (Å²) in [4.78, 5) is 35.5. The number of carbonyl (C=O) groups excluding carboxylic acids is 1. The maximum absolute atomic E-state index is 14.8. The molecule has 4 rings (SSSR count). The number of aliphatic hydroxyl groups is 2. The molecular weight excluding hydrogens is 517 g/mol. The molecule has 3 atom stereocenters. The van der Waals surface area contributed by atoms with E-state index < -0.39 is 64.3 Å². The van der Waals surface area contributed by atoms with Crippen LogP contribution in [0.4, 0.5) is 27.8 Å². The molecule has 0 saturated carbocycles. The first-order chi connectivity index (χ1) is 17.6. The molecule has 3 aromatic heterocycles. The van der Waals surface area contributed by atoms with E-state index in [-0.39, 0.29) is 29.8 Å². The van der Waals surface area contributed by atoms with Crippen molar-refractivity contribution in [3.63, 3.8) is 0 Å². The number of carbonyl (C=O) groups is 1. The molecule has 204 valence electrons. The van der Waals surface area contributed by atoms with Crippen LogP contribution >= 0.6 is 0 Å². The van der Waals surface area contributed by atoms with E-state index in [9.17, 15) is 41.8 Å². The minimum atomic E-state index is -4.84. The second kappa shape index (κ2) is 9.58. The standard InChI is InChI=1S/C24H24F5N5O4/c1-23(2,3)22(24(27,28)29)32-21(38)14-10-34(20-15(26)6-11(25)8-30-20)19-13(18(14)37)4-5-16(31-19)33-9-12(35)7-17(33)36/h4-6,8,10,12,17,22,35-36H,7,9H2,1-3H3,(H,32,38)/t12-,17?,22-/m0/s1. The van der Waals surface area contributed by atoms with E-state index in [1.54, 1.807) is 0 Å². The van der Waals surface area contributed by atoms with Gasteiger partial charge in [-0.2, -0.15) is 13.2 Å². The van der Waals surface area contributed by atoms with Gasteiger partial charge in [0.05, 0.1) is 17.7 Å². The zero-order valence-corrected chi connectivity index (χ0v) is 20.4. The van der Waals surface area contributed by atoms with Gasteiger partial charge in [0.2, 0.25) is 5.43 Å². The smallest absolute Gasteiger partial charge is 0.391 e. The molecule has 0 bridgehead atoms. The average molecular weight is 541 g/mol. The number of hydrogen-bond acceptors (Lipinski definition) is 7. The van der Waals surface area contributed by atoms with Gasteiger partial charge in [0.1, 0.15) is 29.5 Å². The van der Waals surface area contributed by atoms with E-state index in [1.165, 1.54) is 37.8 Å². The van der Waals surface area contributed by atoms with Gasteiger partial charge in [-0.15, -0.1) is 0 Å². The quantitative estimate of drug-likeness (QED) is 0.435. The Morgan fingerprint density at radius 1 is 1.18 bits per heavy atom. The van der Waals surface area contributed by atoms with Gasteiger partial charge >= 0.3 is 6.18 Å². The van der Waals surface area contributed by atoms with Crippen LogP contribution in [0.25, 0.3) is 16.9 Å². The largest absolute Gasteiger partial charge is 0.409 e. The molecule has 14 heteroatoms. The van der Waals surface area contributed by atoms with Crippen LogP contribution in [-0.4, -0.2) is 61.8 Å². The maximum Gasteiger partial charge on any atom is 0.409 e. The van der Waals surface area contributed by atoms with Crippen molar-refractivity contribution < 1.29 is 37.0 Å². The van der Waals surface area contributed by atoms with Crippen molar-refractivity contribution in [3.8, 4) is 5.82 Å². The summed E-state index contributed by atoms with van der Waals surface area (Å²) < 4.78 is 70.2. The van der Waals surface area contributed by atoms with Gasteiger partial charge in [0, 0.05) is 25.2 Å². The number of halogens is 5. The Morgan fingerprint density at radius 3 is 2.42 bits per heavy atom. The molecule has 1 fully saturated rings. The Kier molecular flexibility index (Phi) is 6.91. The minimum absolute atomic E-state index is 0.000805. The van der Waals surface area contributed by atoms with Crippen molar-refractivity contribution in [2.75, 3.05) is 11.4 Å². The van der Waals surface area contributed by atoms with Gasteiger partial charge in [0.25, 0.3) is 5.91 Å². The van der Waals surface area contributed by atoms with Gasteiger partial charge in [-0.05, 0) is 17.5 Å². The lowest BCUT2D eigenvalue weighted by Gasteiger charge is -2.33. The summed E-state index contributed by atoms with van der Waals surface area (Å²) in [6.45, 7) is 3.78. The lowest BCUT2D eigenvalue weighted by molar-refractivity contribution is -0.174. The molecule has 0 spiro atoms. The molecule has 1 aliphatic heterocycles. The summed E-state index contributed by atoms with van der Waals surface area (Å²) in [6, 6.07) is 0.682. The molecule has 0 radical (unpaired) electrons. The van der Waals surface area contributed by atoms with Gasteiger partial charge in [0.15, 0.2) is 17.3 Å². The number of anilines is 1. The predicted molar refractivity (Wildman–Crippen MR) is 126 cm³/mol. The summed E-state index contributed by atoms with van der Waals surface area (Å²) in [7, 11) is 0. The average Bonchev–Trinajstić information content (AvgIpc) is 3.14. The number of nitrogens with zero attached hydrogens (tertiary/aromatic N) is 4. The number of alkyl halides is 3. The van der Waals surface area contributed by atoms with Crippen LogP contribution in [0, 0.1) is 17.0 Å². The Hall–Kier alpha value is -3.65. The highest BCUT2D eigenvalue weighted by Gasteiger charge is 2.48. The fourth-order valence-corrected chi connectivity index (χ4v) is 4.30. The summed E-state index contributed by atoms with van der Waals surface area (Å²) in [5, 5.41) is 21.7. The molecule has 1 unspecified atom stereocenters. The highest BCUT2D eigenvalue weighted by molar-refractivity contribution is 5.97. The zero-order chi connectivity index (χ0) is 28.2. The molecular formula is C24H24F5N5O4. The highest BCUT2D eigenvalue weighted by Crippen LogP contribution is 2.33. The third kappa shape index (κ3) is 5.18. The van der Waals surface area contributed by atoms with E-state index in [1.807, 2.05) is 5.32 Å². The fraction of sp³-hybridized carbons (Fsp3) is 0.417. The van der Waals surface area contributed by atoms with Gasteiger partial charge in [-0.1, -0.05) is 20.8 Å². The summed E-state index contributed by atoms with van der Waals surface area (Å²) in [5.74, 6) is -4.09. The monoisotopic (exact) mass is 541 g/mol. The first kappa shape index (κ1) is 27.4.